The number of nitrogens with zero attached hydrogens (tertiary/aromatic N) is 2. The van der Waals surface area contributed by atoms with Crippen LogP contribution in [-0.4, -0.2) is 83.7 Å². The minimum Gasteiger partial charge on any atom is -0.483 e. The van der Waals surface area contributed by atoms with Crippen LogP contribution in [0, 0.1) is 23.2 Å². The second-order valence-electron chi connectivity index (χ2n) is 5.91. The normalized spacial score (nSPS) is 25.9. The first-order valence-corrected chi connectivity index (χ1v) is 9.09. The van der Waals surface area contributed by atoms with Crippen LogP contribution in [0.25, 0.3) is 0 Å². The smallest absolute Gasteiger partial charge is 0.290 e. The van der Waals surface area contributed by atoms with Gasteiger partial charge in [-0.15, -0.1) is 5.92 Å². The fraction of sp³-hybridized carbons (Fsp3) is 0.750. The van der Waals surface area contributed by atoms with Crippen LogP contribution in [0.3, 0.4) is 0 Å². The molecule has 1 amide bonds. The Labute approximate surface area is 142 Å². The number of thioether (sulfide) groups is 1. The number of hydrogen-bond acceptors (Lipinski definition) is 5. The standard InChI is InChI=1S/C15H24N2O2S.CH2O2/c1-3-4-5-6-16-7-13-8-17(14(19)9-20-2)11-15(13,10-16)12-18;2-1-3/h13,18H,3,6-12H2,1-2H3;1H,(H,2,3). The Morgan fingerprint density at radius 1 is 1.39 bits per heavy atom. The lowest BCUT2D eigenvalue weighted by atomic mass is 9.82. The van der Waals surface area contributed by atoms with E-state index < -0.39 is 0 Å². The lowest BCUT2D eigenvalue weighted by Gasteiger charge is -2.26. The van der Waals surface area contributed by atoms with Crippen molar-refractivity contribution in [1.82, 2.24) is 9.80 Å². The van der Waals surface area contributed by atoms with Crippen LogP contribution >= 0.6 is 11.8 Å². The van der Waals surface area contributed by atoms with E-state index in [4.69, 9.17) is 9.90 Å². The van der Waals surface area contributed by atoms with Gasteiger partial charge in [-0.05, 0) is 12.2 Å². The Bertz CT molecular complexity index is 463. The molecule has 7 heteroatoms. The fourth-order valence-corrected chi connectivity index (χ4v) is 3.76. The third-order valence-electron chi connectivity index (χ3n) is 4.37. The molecular formula is C16H26N2O4S. The predicted octanol–water partition coefficient (Wildman–Crippen LogP) is 0.216. The number of likely N-dealkylation sites (tertiary alicyclic amines) is 2. The van der Waals surface area contributed by atoms with Gasteiger partial charge in [0.05, 0.1) is 18.9 Å². The molecule has 0 saturated carbocycles. The Balaban J connectivity index is 0.000000816. The fourth-order valence-electron chi connectivity index (χ4n) is 3.33. The van der Waals surface area contributed by atoms with Crippen molar-refractivity contribution >= 4 is 24.1 Å². The maximum atomic E-state index is 12.0. The Hall–Kier alpha value is -1.23. The molecule has 2 heterocycles. The molecular weight excluding hydrogens is 316 g/mol. The number of hydrogen-bond donors (Lipinski definition) is 2. The molecule has 2 N–H and O–H groups in total. The molecule has 2 aliphatic rings. The van der Waals surface area contributed by atoms with Crippen molar-refractivity contribution in [3.8, 4) is 11.8 Å². The molecule has 23 heavy (non-hydrogen) atoms. The number of carbonyl (C=O) groups is 2. The van der Waals surface area contributed by atoms with Crippen molar-refractivity contribution in [3.05, 3.63) is 0 Å². The van der Waals surface area contributed by atoms with Gasteiger partial charge in [-0.2, -0.15) is 11.8 Å². The number of rotatable bonds is 4. The highest BCUT2D eigenvalue weighted by atomic mass is 32.2. The highest BCUT2D eigenvalue weighted by Crippen LogP contribution is 2.42. The van der Waals surface area contributed by atoms with Gasteiger partial charge in [0.1, 0.15) is 0 Å². The zero-order valence-electron chi connectivity index (χ0n) is 13.8. The zero-order valence-corrected chi connectivity index (χ0v) is 14.6. The summed E-state index contributed by atoms with van der Waals surface area (Å²) < 4.78 is 0. The van der Waals surface area contributed by atoms with E-state index in [0.29, 0.717) is 18.2 Å². The van der Waals surface area contributed by atoms with Crippen LogP contribution in [0.1, 0.15) is 13.3 Å². The molecule has 2 rings (SSSR count). The first kappa shape index (κ1) is 19.8. The Morgan fingerprint density at radius 3 is 2.61 bits per heavy atom. The molecule has 0 aromatic rings. The Morgan fingerprint density at radius 2 is 2.09 bits per heavy atom. The van der Waals surface area contributed by atoms with Crippen molar-refractivity contribution in [1.29, 1.82) is 0 Å². The molecule has 2 saturated heterocycles. The van der Waals surface area contributed by atoms with Gasteiger partial charge >= 0.3 is 0 Å². The predicted molar refractivity (Wildman–Crippen MR) is 91.2 cm³/mol. The van der Waals surface area contributed by atoms with Gasteiger partial charge in [-0.3, -0.25) is 14.5 Å². The van der Waals surface area contributed by atoms with E-state index in [0.717, 1.165) is 32.6 Å². The highest BCUT2D eigenvalue weighted by molar-refractivity contribution is 7.99. The van der Waals surface area contributed by atoms with Gasteiger partial charge in [0.15, 0.2) is 0 Å². The van der Waals surface area contributed by atoms with E-state index in [2.05, 4.69) is 23.7 Å². The van der Waals surface area contributed by atoms with Gasteiger partial charge in [0.2, 0.25) is 5.91 Å². The summed E-state index contributed by atoms with van der Waals surface area (Å²) in [5.74, 6) is 7.40. The molecule has 0 aromatic carbocycles. The van der Waals surface area contributed by atoms with Crippen molar-refractivity contribution in [2.75, 3.05) is 51.3 Å². The van der Waals surface area contributed by atoms with E-state index in [1.807, 2.05) is 11.2 Å². The third kappa shape index (κ3) is 5.13. The van der Waals surface area contributed by atoms with Crippen LogP contribution in [0.2, 0.25) is 0 Å². The second kappa shape index (κ2) is 9.81. The average molecular weight is 342 g/mol. The molecule has 6 nitrogen and oxygen atoms in total. The molecule has 2 aliphatic heterocycles. The van der Waals surface area contributed by atoms with Crippen molar-refractivity contribution in [2.24, 2.45) is 11.3 Å². The number of carbonyl (C=O) groups excluding carboxylic acids is 1. The van der Waals surface area contributed by atoms with E-state index >= 15 is 0 Å². The van der Waals surface area contributed by atoms with Gasteiger partial charge in [0.25, 0.3) is 6.47 Å². The average Bonchev–Trinajstić information content (AvgIpc) is 3.03. The first-order valence-electron chi connectivity index (χ1n) is 7.70. The first-order chi connectivity index (χ1) is 11.1. The van der Waals surface area contributed by atoms with Crippen LogP contribution in [0.5, 0.6) is 0 Å². The second-order valence-corrected chi connectivity index (χ2v) is 6.77. The minimum absolute atomic E-state index is 0.123. The van der Waals surface area contributed by atoms with Gasteiger partial charge in [-0.25, -0.2) is 0 Å². The van der Waals surface area contributed by atoms with Gasteiger partial charge < -0.3 is 15.1 Å². The van der Waals surface area contributed by atoms with Crippen molar-refractivity contribution in [3.63, 3.8) is 0 Å². The molecule has 2 atom stereocenters. The molecule has 2 unspecified atom stereocenters. The van der Waals surface area contributed by atoms with Gasteiger partial charge in [0, 0.05) is 38.0 Å². The van der Waals surface area contributed by atoms with Crippen LogP contribution in [-0.2, 0) is 9.59 Å². The van der Waals surface area contributed by atoms with Crippen LogP contribution in [0.15, 0.2) is 0 Å². The number of aliphatic hydroxyl groups excluding tert-OH is 1. The monoisotopic (exact) mass is 342 g/mol. The molecule has 0 spiro atoms. The summed E-state index contributed by atoms with van der Waals surface area (Å²) in [6, 6.07) is 0. The summed E-state index contributed by atoms with van der Waals surface area (Å²) >= 11 is 1.56. The van der Waals surface area contributed by atoms with Crippen molar-refractivity contribution in [2.45, 2.75) is 13.3 Å². The topological polar surface area (TPSA) is 81.1 Å². The quantitative estimate of drug-likeness (QED) is 0.562. The zero-order chi connectivity index (χ0) is 17.3. The summed E-state index contributed by atoms with van der Waals surface area (Å²) in [7, 11) is 0. The van der Waals surface area contributed by atoms with Crippen LogP contribution < -0.4 is 0 Å². The van der Waals surface area contributed by atoms with E-state index in [1.54, 1.807) is 11.8 Å². The molecule has 0 aromatic heterocycles. The largest absolute Gasteiger partial charge is 0.483 e. The molecule has 0 bridgehead atoms. The number of amides is 1. The number of carboxylic acid groups (broad SMARTS) is 1. The summed E-state index contributed by atoms with van der Waals surface area (Å²) in [6.07, 6.45) is 2.84. The maximum Gasteiger partial charge on any atom is 0.290 e. The molecule has 0 radical (unpaired) electrons. The lowest BCUT2D eigenvalue weighted by molar-refractivity contribution is -0.128. The van der Waals surface area contributed by atoms with E-state index in [9.17, 15) is 9.90 Å². The highest BCUT2D eigenvalue weighted by Gasteiger charge is 2.52. The SMILES string of the molecule is CCC#CCN1CC2CN(C(=O)CSC)CC2(CO)C1.O=CO. The minimum atomic E-state index is -0.250. The maximum absolute atomic E-state index is 12.0. The molecule has 2 fully saturated rings. The molecule has 130 valence electrons. The van der Waals surface area contributed by atoms with Crippen LogP contribution in [0.4, 0.5) is 0 Å². The van der Waals surface area contributed by atoms with E-state index in [1.165, 1.54) is 0 Å². The van der Waals surface area contributed by atoms with Crippen molar-refractivity contribution < 1.29 is 19.8 Å². The number of fused-ring (bicyclic) bond motifs is 1. The summed E-state index contributed by atoms with van der Waals surface area (Å²) in [5, 5.41) is 16.7. The van der Waals surface area contributed by atoms with Gasteiger partial charge in [-0.1, -0.05) is 12.8 Å². The Kier molecular flexibility index (Phi) is 8.45. The third-order valence-corrected chi connectivity index (χ3v) is 4.91. The lowest BCUT2D eigenvalue weighted by Crippen LogP contribution is -2.39. The summed E-state index contributed by atoms with van der Waals surface area (Å²) in [5.41, 5.74) is -0.123. The number of aliphatic hydroxyl groups is 1. The summed E-state index contributed by atoms with van der Waals surface area (Å²) in [4.78, 5) is 24.6. The summed E-state index contributed by atoms with van der Waals surface area (Å²) in [6.45, 7) is 6.04. The molecule has 0 aliphatic carbocycles. The van der Waals surface area contributed by atoms with E-state index in [-0.39, 0.29) is 24.4 Å².